The molecular formula is C21H35IN4O2. The zero-order chi connectivity index (χ0) is 18.3. The summed E-state index contributed by atoms with van der Waals surface area (Å²) in [5.41, 5.74) is 0. The van der Waals surface area contributed by atoms with Gasteiger partial charge in [-0.1, -0.05) is 12.8 Å². The minimum Gasteiger partial charge on any atom is -0.469 e. The number of halogens is 1. The lowest BCUT2D eigenvalue weighted by Crippen LogP contribution is -2.45. The number of guanidine groups is 1. The molecule has 4 rings (SSSR count). The molecule has 0 aromatic carbocycles. The lowest BCUT2D eigenvalue weighted by atomic mass is 10.1. The fraction of sp³-hybridized carbons (Fsp3) is 0.762. The van der Waals surface area contributed by atoms with E-state index in [1.807, 2.05) is 12.1 Å². The van der Waals surface area contributed by atoms with Gasteiger partial charge in [0, 0.05) is 51.7 Å². The number of nitrogens with one attached hydrogen (secondary N) is 1. The van der Waals surface area contributed by atoms with E-state index in [1.165, 1.54) is 38.6 Å². The number of hydrogen-bond acceptors (Lipinski definition) is 4. The van der Waals surface area contributed by atoms with Gasteiger partial charge in [-0.2, -0.15) is 0 Å². The second kappa shape index (κ2) is 11.4. The molecule has 1 unspecified atom stereocenters. The molecule has 2 aliphatic heterocycles. The normalized spacial score (nSPS) is 24.5. The van der Waals surface area contributed by atoms with E-state index >= 15 is 0 Å². The van der Waals surface area contributed by atoms with Gasteiger partial charge < -0.3 is 19.4 Å². The van der Waals surface area contributed by atoms with Crippen LogP contribution in [0, 0.1) is 5.92 Å². The topological polar surface area (TPSA) is 53.2 Å². The Morgan fingerprint density at radius 2 is 1.96 bits per heavy atom. The summed E-state index contributed by atoms with van der Waals surface area (Å²) in [5.74, 6) is 2.88. The van der Waals surface area contributed by atoms with E-state index < -0.39 is 0 Å². The quantitative estimate of drug-likeness (QED) is 0.369. The largest absolute Gasteiger partial charge is 0.469 e. The summed E-state index contributed by atoms with van der Waals surface area (Å²) in [6.07, 6.45) is 9.13. The molecule has 158 valence electrons. The van der Waals surface area contributed by atoms with Crippen molar-refractivity contribution < 1.29 is 9.15 Å². The van der Waals surface area contributed by atoms with Crippen LogP contribution in [0.5, 0.6) is 0 Å². The Kier molecular flexibility index (Phi) is 8.92. The molecule has 1 aromatic rings. The summed E-state index contributed by atoms with van der Waals surface area (Å²) in [7, 11) is 0. The lowest BCUT2D eigenvalue weighted by Gasteiger charge is -2.29. The summed E-state index contributed by atoms with van der Waals surface area (Å²) < 4.78 is 10.9. The average molecular weight is 502 g/mol. The molecule has 3 fully saturated rings. The molecule has 0 spiro atoms. The zero-order valence-electron chi connectivity index (χ0n) is 16.9. The van der Waals surface area contributed by atoms with E-state index in [9.17, 15) is 0 Å². The van der Waals surface area contributed by atoms with Gasteiger partial charge >= 0.3 is 0 Å². The number of ether oxygens (including phenoxy) is 1. The van der Waals surface area contributed by atoms with Crippen molar-refractivity contribution in [3.63, 3.8) is 0 Å². The molecule has 1 atom stereocenters. The number of morpholine rings is 1. The smallest absolute Gasteiger partial charge is 0.194 e. The van der Waals surface area contributed by atoms with Crippen molar-refractivity contribution in [2.24, 2.45) is 10.9 Å². The van der Waals surface area contributed by atoms with Crippen molar-refractivity contribution in [1.29, 1.82) is 0 Å². The van der Waals surface area contributed by atoms with Gasteiger partial charge in [-0.05, 0) is 37.3 Å². The van der Waals surface area contributed by atoms with E-state index in [1.54, 1.807) is 6.26 Å². The van der Waals surface area contributed by atoms with Crippen LogP contribution < -0.4 is 5.32 Å². The third-order valence-electron chi connectivity index (χ3n) is 6.09. The second-order valence-corrected chi connectivity index (χ2v) is 8.17. The first-order chi connectivity index (χ1) is 13.4. The molecule has 0 bridgehead atoms. The molecule has 0 amide bonds. The first-order valence-electron chi connectivity index (χ1n) is 10.8. The average Bonchev–Trinajstić information content (AvgIpc) is 3.45. The van der Waals surface area contributed by atoms with Crippen LogP contribution in [0.1, 0.15) is 37.9 Å². The number of aliphatic imine (C=N–C) groups is 1. The highest BCUT2D eigenvalue weighted by Crippen LogP contribution is 2.21. The third-order valence-corrected chi connectivity index (χ3v) is 6.09. The number of likely N-dealkylation sites (tertiary alicyclic amines) is 1. The Labute approximate surface area is 186 Å². The molecule has 6 nitrogen and oxygen atoms in total. The molecular weight excluding hydrogens is 467 g/mol. The molecule has 28 heavy (non-hydrogen) atoms. The van der Waals surface area contributed by atoms with E-state index in [0.717, 1.165) is 70.0 Å². The monoisotopic (exact) mass is 502 g/mol. The number of rotatable bonds is 6. The number of hydrogen-bond donors (Lipinski definition) is 1. The van der Waals surface area contributed by atoms with Gasteiger partial charge in [0.05, 0.1) is 19.5 Å². The predicted molar refractivity (Wildman–Crippen MR) is 122 cm³/mol. The molecule has 1 saturated carbocycles. The first-order valence-corrected chi connectivity index (χ1v) is 10.8. The molecule has 1 aliphatic carbocycles. The SMILES string of the molecule is I.c1coc(CCN=C(NC2CCCC2)N2CCC(CN3CCOCC3)C2)c1. The van der Waals surface area contributed by atoms with Gasteiger partial charge in [0.1, 0.15) is 5.76 Å². The standard InChI is InChI=1S/C21H34N4O2.HI/c1-2-5-19(4-1)23-21(22-9-7-20-6-3-13-27-20)25-10-8-18(17-25)16-24-11-14-26-15-12-24;/h3,6,13,18-19H,1-2,4-5,7-12,14-17H2,(H,22,23);1H. The summed E-state index contributed by atoms with van der Waals surface area (Å²) in [6, 6.07) is 4.59. The summed E-state index contributed by atoms with van der Waals surface area (Å²) >= 11 is 0. The highest BCUT2D eigenvalue weighted by Gasteiger charge is 2.28. The van der Waals surface area contributed by atoms with E-state index in [2.05, 4.69) is 15.1 Å². The Morgan fingerprint density at radius 1 is 1.14 bits per heavy atom. The van der Waals surface area contributed by atoms with Gasteiger partial charge in [0.15, 0.2) is 5.96 Å². The minimum absolute atomic E-state index is 0. The molecule has 1 aromatic heterocycles. The van der Waals surface area contributed by atoms with Gasteiger partial charge in [0.25, 0.3) is 0 Å². The number of furan rings is 1. The Bertz CT molecular complexity index is 583. The molecule has 0 radical (unpaired) electrons. The van der Waals surface area contributed by atoms with Gasteiger partial charge in [-0.25, -0.2) is 0 Å². The minimum atomic E-state index is 0. The zero-order valence-corrected chi connectivity index (χ0v) is 19.2. The van der Waals surface area contributed by atoms with Crippen LogP contribution in [0.2, 0.25) is 0 Å². The van der Waals surface area contributed by atoms with Crippen molar-refractivity contribution in [2.45, 2.75) is 44.6 Å². The van der Waals surface area contributed by atoms with Gasteiger partial charge in [-0.15, -0.1) is 24.0 Å². The van der Waals surface area contributed by atoms with E-state index in [-0.39, 0.29) is 24.0 Å². The molecule has 3 aliphatic rings. The summed E-state index contributed by atoms with van der Waals surface area (Å²) in [5, 5.41) is 3.77. The predicted octanol–water partition coefficient (Wildman–Crippen LogP) is 2.98. The molecule has 1 N–H and O–H groups in total. The first kappa shape index (κ1) is 21.9. The summed E-state index contributed by atoms with van der Waals surface area (Å²) in [4.78, 5) is 10.0. The van der Waals surface area contributed by atoms with Crippen LogP contribution in [0.4, 0.5) is 0 Å². The maximum Gasteiger partial charge on any atom is 0.194 e. The Hall–Kier alpha value is -0.800. The summed E-state index contributed by atoms with van der Waals surface area (Å²) in [6.45, 7) is 8.17. The maximum atomic E-state index is 5.48. The van der Waals surface area contributed by atoms with E-state index in [0.29, 0.717) is 6.04 Å². The van der Waals surface area contributed by atoms with Gasteiger partial charge in [-0.3, -0.25) is 9.89 Å². The highest BCUT2D eigenvalue weighted by atomic mass is 127. The van der Waals surface area contributed by atoms with Gasteiger partial charge in [0.2, 0.25) is 0 Å². The second-order valence-electron chi connectivity index (χ2n) is 8.17. The van der Waals surface area contributed by atoms with E-state index in [4.69, 9.17) is 14.1 Å². The van der Waals surface area contributed by atoms with Crippen LogP contribution >= 0.6 is 24.0 Å². The Morgan fingerprint density at radius 3 is 2.71 bits per heavy atom. The maximum absolute atomic E-state index is 5.48. The van der Waals surface area contributed by atoms with Crippen LogP contribution in [0.25, 0.3) is 0 Å². The van der Waals surface area contributed by atoms with Crippen molar-refractivity contribution in [3.05, 3.63) is 24.2 Å². The Balaban J connectivity index is 0.00000225. The number of nitrogens with zero attached hydrogens (tertiary/aromatic N) is 3. The molecule has 7 heteroatoms. The fourth-order valence-corrected chi connectivity index (χ4v) is 4.54. The highest BCUT2D eigenvalue weighted by molar-refractivity contribution is 14.0. The van der Waals surface area contributed by atoms with Crippen LogP contribution in [0.3, 0.4) is 0 Å². The fourth-order valence-electron chi connectivity index (χ4n) is 4.54. The van der Waals surface area contributed by atoms with Crippen molar-refractivity contribution in [2.75, 3.05) is 52.5 Å². The van der Waals surface area contributed by atoms with Crippen molar-refractivity contribution >= 4 is 29.9 Å². The van der Waals surface area contributed by atoms with Crippen molar-refractivity contribution in [1.82, 2.24) is 15.1 Å². The molecule has 3 heterocycles. The van der Waals surface area contributed by atoms with Crippen molar-refractivity contribution in [3.8, 4) is 0 Å². The van der Waals surface area contributed by atoms with Crippen LogP contribution in [-0.4, -0.2) is 74.3 Å². The lowest BCUT2D eigenvalue weighted by molar-refractivity contribution is 0.0315. The molecule has 2 saturated heterocycles. The van der Waals surface area contributed by atoms with Crippen LogP contribution in [0.15, 0.2) is 27.8 Å². The van der Waals surface area contributed by atoms with Crippen LogP contribution in [-0.2, 0) is 11.2 Å². The third kappa shape index (κ3) is 6.35.